The smallest absolute Gasteiger partial charge is 0.159 e. The molecule has 0 spiro atoms. The van der Waals surface area contributed by atoms with Crippen LogP contribution in [0.5, 0.6) is 0 Å². The second kappa shape index (κ2) is 7.63. The fourth-order valence-electron chi connectivity index (χ4n) is 4.18. The summed E-state index contributed by atoms with van der Waals surface area (Å²) in [5, 5.41) is 12.1. The van der Waals surface area contributed by atoms with Gasteiger partial charge in [0, 0.05) is 40.5 Å². The number of hydrogen-bond acceptors (Lipinski definition) is 5. The summed E-state index contributed by atoms with van der Waals surface area (Å²) >= 11 is 0. The Morgan fingerprint density at radius 3 is 2.73 bits per heavy atom. The quantitative estimate of drug-likeness (QED) is 0.298. The van der Waals surface area contributed by atoms with Crippen LogP contribution in [0.3, 0.4) is 0 Å². The van der Waals surface area contributed by atoms with E-state index in [1.54, 1.807) is 12.5 Å². The normalized spacial score (nSPS) is 11.6. The third kappa shape index (κ3) is 3.43. The van der Waals surface area contributed by atoms with E-state index in [1.807, 2.05) is 42.7 Å². The number of H-pyrrole nitrogens is 2. The van der Waals surface area contributed by atoms with Crippen LogP contribution in [0.1, 0.15) is 13.8 Å². The first-order valence-electron chi connectivity index (χ1n) is 10.9. The summed E-state index contributed by atoms with van der Waals surface area (Å²) in [7, 11) is 0. The number of nitrogens with zero attached hydrogens (tertiary/aromatic N) is 3. The van der Waals surface area contributed by atoms with E-state index in [-0.39, 0.29) is 0 Å². The molecule has 0 aliphatic carbocycles. The Morgan fingerprint density at radius 2 is 1.88 bits per heavy atom. The number of anilines is 1. The molecule has 0 atom stereocenters. The van der Waals surface area contributed by atoms with Crippen molar-refractivity contribution >= 4 is 27.6 Å². The average molecular weight is 435 g/mol. The van der Waals surface area contributed by atoms with E-state index in [9.17, 15) is 0 Å². The van der Waals surface area contributed by atoms with E-state index >= 15 is 0 Å². The monoisotopic (exact) mass is 434 g/mol. The molecule has 0 radical (unpaired) electrons. The van der Waals surface area contributed by atoms with Crippen molar-refractivity contribution in [3.63, 3.8) is 0 Å². The summed E-state index contributed by atoms with van der Waals surface area (Å²) in [5.41, 5.74) is 8.70. The van der Waals surface area contributed by atoms with Crippen LogP contribution >= 0.6 is 0 Å². The van der Waals surface area contributed by atoms with Crippen LogP contribution in [0, 0.1) is 0 Å². The molecule has 4 heterocycles. The van der Waals surface area contributed by atoms with Gasteiger partial charge in [-0.2, -0.15) is 5.10 Å². The van der Waals surface area contributed by atoms with Gasteiger partial charge in [-0.25, -0.2) is 4.98 Å². The van der Waals surface area contributed by atoms with E-state index in [0.29, 0.717) is 6.04 Å². The lowest BCUT2D eigenvalue weighted by Crippen LogP contribution is -2.09. The Labute approximate surface area is 189 Å². The number of pyridine rings is 1. The maximum atomic E-state index is 5.27. The highest BCUT2D eigenvalue weighted by Gasteiger charge is 2.16. The molecule has 0 aliphatic rings. The fourth-order valence-corrected chi connectivity index (χ4v) is 4.18. The van der Waals surface area contributed by atoms with Crippen LogP contribution in [0.4, 0.5) is 5.69 Å². The standard InChI is InChI=1S/C26H22N6O/c1-15(2)28-19-10-18(12-27-13-19)16-6-7-22-21(11-16)25(32-31-22)26-29-23-5-3-4-20(24(23)30-26)17-8-9-33-14-17/h3-15,28H,1-2H3,(H,29,30)(H,31,32). The van der Waals surface area contributed by atoms with Crippen molar-refractivity contribution in [1.29, 1.82) is 0 Å². The first kappa shape index (κ1) is 19.3. The van der Waals surface area contributed by atoms with Gasteiger partial charge in [0.15, 0.2) is 5.82 Å². The molecule has 0 saturated carbocycles. The summed E-state index contributed by atoms with van der Waals surface area (Å²) in [6, 6.07) is 16.7. The van der Waals surface area contributed by atoms with Gasteiger partial charge in [0.25, 0.3) is 0 Å². The summed E-state index contributed by atoms with van der Waals surface area (Å²) in [4.78, 5) is 12.8. The van der Waals surface area contributed by atoms with Gasteiger partial charge in [0.05, 0.1) is 34.8 Å². The molecule has 4 aromatic heterocycles. The molecule has 33 heavy (non-hydrogen) atoms. The topological polar surface area (TPSA) is 95.4 Å². The van der Waals surface area contributed by atoms with Crippen molar-refractivity contribution in [2.75, 3.05) is 5.32 Å². The van der Waals surface area contributed by atoms with Gasteiger partial charge in [0.1, 0.15) is 5.69 Å². The Balaban J connectivity index is 1.45. The molecular weight excluding hydrogens is 412 g/mol. The third-order valence-corrected chi connectivity index (χ3v) is 5.66. The summed E-state index contributed by atoms with van der Waals surface area (Å²) in [6.07, 6.45) is 7.13. The maximum Gasteiger partial charge on any atom is 0.159 e. The molecule has 0 fully saturated rings. The number of nitrogens with one attached hydrogen (secondary N) is 3. The van der Waals surface area contributed by atoms with Gasteiger partial charge in [-0.3, -0.25) is 10.1 Å². The largest absolute Gasteiger partial charge is 0.472 e. The molecule has 6 aromatic rings. The minimum atomic E-state index is 0.338. The molecule has 162 valence electrons. The third-order valence-electron chi connectivity index (χ3n) is 5.66. The molecule has 0 aliphatic heterocycles. The van der Waals surface area contributed by atoms with Gasteiger partial charge in [-0.1, -0.05) is 18.2 Å². The number of fused-ring (bicyclic) bond motifs is 2. The number of aromatic nitrogens is 5. The van der Waals surface area contributed by atoms with Crippen molar-refractivity contribution in [1.82, 2.24) is 25.1 Å². The average Bonchev–Trinajstić information content (AvgIpc) is 3.57. The van der Waals surface area contributed by atoms with Crippen molar-refractivity contribution in [2.45, 2.75) is 19.9 Å². The summed E-state index contributed by atoms with van der Waals surface area (Å²) in [6.45, 7) is 4.23. The van der Waals surface area contributed by atoms with E-state index < -0.39 is 0 Å². The highest BCUT2D eigenvalue weighted by Crippen LogP contribution is 2.33. The van der Waals surface area contributed by atoms with Gasteiger partial charge < -0.3 is 14.7 Å². The van der Waals surface area contributed by atoms with Crippen molar-refractivity contribution in [3.05, 3.63) is 73.5 Å². The number of furan rings is 1. The van der Waals surface area contributed by atoms with Crippen LogP contribution in [0.25, 0.3) is 55.7 Å². The second-order valence-electron chi connectivity index (χ2n) is 8.39. The lowest BCUT2D eigenvalue weighted by atomic mass is 10.0. The van der Waals surface area contributed by atoms with Gasteiger partial charge >= 0.3 is 0 Å². The Morgan fingerprint density at radius 1 is 0.939 bits per heavy atom. The number of imidazole rings is 1. The molecule has 3 N–H and O–H groups in total. The lowest BCUT2D eigenvalue weighted by Gasteiger charge is -2.11. The van der Waals surface area contributed by atoms with Crippen molar-refractivity contribution < 1.29 is 4.42 Å². The van der Waals surface area contributed by atoms with Crippen LogP contribution in [0.15, 0.2) is 77.9 Å². The number of para-hydroxylation sites is 1. The van der Waals surface area contributed by atoms with Gasteiger partial charge in [-0.05, 0) is 49.7 Å². The van der Waals surface area contributed by atoms with Crippen LogP contribution in [-0.2, 0) is 0 Å². The first-order valence-corrected chi connectivity index (χ1v) is 10.9. The summed E-state index contributed by atoms with van der Waals surface area (Å²) in [5.74, 6) is 0.720. The second-order valence-corrected chi connectivity index (χ2v) is 8.39. The van der Waals surface area contributed by atoms with Crippen LogP contribution < -0.4 is 5.32 Å². The zero-order valence-corrected chi connectivity index (χ0v) is 18.3. The molecule has 0 bridgehead atoms. The summed E-state index contributed by atoms with van der Waals surface area (Å²) < 4.78 is 5.27. The first-order chi connectivity index (χ1) is 16.2. The zero-order valence-electron chi connectivity index (χ0n) is 18.3. The fraction of sp³-hybridized carbons (Fsp3) is 0.115. The Kier molecular flexibility index (Phi) is 4.47. The van der Waals surface area contributed by atoms with Crippen LogP contribution in [-0.4, -0.2) is 31.2 Å². The van der Waals surface area contributed by atoms with E-state index in [2.05, 4.69) is 57.5 Å². The molecule has 7 nitrogen and oxygen atoms in total. The number of benzene rings is 2. The molecule has 0 unspecified atom stereocenters. The van der Waals surface area contributed by atoms with E-state index in [1.165, 1.54) is 0 Å². The van der Waals surface area contributed by atoms with E-state index in [4.69, 9.17) is 9.40 Å². The molecule has 0 amide bonds. The molecule has 7 heteroatoms. The highest BCUT2D eigenvalue weighted by molar-refractivity contribution is 5.98. The van der Waals surface area contributed by atoms with Crippen molar-refractivity contribution in [3.8, 4) is 33.8 Å². The minimum absolute atomic E-state index is 0.338. The van der Waals surface area contributed by atoms with Crippen molar-refractivity contribution in [2.24, 2.45) is 0 Å². The van der Waals surface area contributed by atoms with Gasteiger partial charge in [0.2, 0.25) is 0 Å². The lowest BCUT2D eigenvalue weighted by molar-refractivity contribution is 0.568. The van der Waals surface area contributed by atoms with Crippen LogP contribution in [0.2, 0.25) is 0 Å². The minimum Gasteiger partial charge on any atom is -0.472 e. The Hall–Kier alpha value is -4.39. The van der Waals surface area contributed by atoms with E-state index in [0.717, 1.165) is 61.4 Å². The number of aromatic amines is 2. The molecular formula is C26H22N6O. The zero-order chi connectivity index (χ0) is 22.4. The molecule has 6 rings (SSSR count). The maximum absolute atomic E-state index is 5.27. The number of rotatable bonds is 5. The molecule has 0 saturated heterocycles. The predicted octanol–water partition coefficient (Wildman–Crippen LogP) is 6.25. The SMILES string of the molecule is CC(C)Nc1cncc(-c2ccc3[nH]nc(-c4nc5c(-c6ccoc6)cccc5[nH]4)c3c2)c1. The Bertz CT molecular complexity index is 1580. The van der Waals surface area contributed by atoms with Gasteiger partial charge in [-0.15, -0.1) is 0 Å². The number of hydrogen-bond donors (Lipinski definition) is 3. The molecule has 2 aromatic carbocycles. The predicted molar refractivity (Wildman–Crippen MR) is 131 cm³/mol. The highest BCUT2D eigenvalue weighted by atomic mass is 16.3.